The average Bonchev–Trinajstić information content (AvgIpc) is 2.05. The van der Waals surface area contributed by atoms with Crippen molar-refractivity contribution in [2.24, 2.45) is 5.73 Å². The molecule has 70 valence electrons. The zero-order chi connectivity index (χ0) is 8.97. The lowest BCUT2D eigenvalue weighted by atomic mass is 10.1. The molecule has 3 heteroatoms. The molecule has 0 aliphatic carbocycles. The Morgan fingerprint density at radius 2 is 2.58 bits per heavy atom. The first kappa shape index (κ1) is 10.1. The lowest BCUT2D eigenvalue weighted by Crippen LogP contribution is -2.50. The van der Waals surface area contributed by atoms with Crippen LogP contribution in [-0.2, 0) is 0 Å². The molecule has 0 radical (unpaired) electrons. The first-order valence-corrected chi connectivity index (χ1v) is 5.55. The van der Waals surface area contributed by atoms with Gasteiger partial charge in [0, 0.05) is 30.1 Å². The molecule has 2 nitrogen and oxygen atoms in total. The molecule has 1 aliphatic rings. The van der Waals surface area contributed by atoms with Crippen molar-refractivity contribution in [3.8, 4) is 0 Å². The van der Waals surface area contributed by atoms with Crippen molar-refractivity contribution in [3.05, 3.63) is 12.7 Å². The third kappa shape index (κ3) is 2.51. The first-order valence-electron chi connectivity index (χ1n) is 4.40. The van der Waals surface area contributed by atoms with E-state index in [4.69, 9.17) is 5.73 Å². The van der Waals surface area contributed by atoms with E-state index in [1.807, 2.05) is 17.8 Å². The number of nitrogens with zero attached hydrogens (tertiary/aromatic N) is 1. The quantitative estimate of drug-likeness (QED) is 0.665. The van der Waals surface area contributed by atoms with Gasteiger partial charge in [-0.1, -0.05) is 6.08 Å². The summed E-state index contributed by atoms with van der Waals surface area (Å²) in [5.74, 6) is 2.42. The number of likely N-dealkylation sites (N-methyl/N-ethyl adjacent to an activating group) is 1. The minimum absolute atomic E-state index is 0.264. The fourth-order valence-corrected chi connectivity index (χ4v) is 2.83. The summed E-state index contributed by atoms with van der Waals surface area (Å²) in [6.07, 6.45) is 2.84. The molecule has 0 bridgehead atoms. The third-order valence-corrected chi connectivity index (χ3v) is 3.42. The largest absolute Gasteiger partial charge is 0.326 e. The molecule has 1 heterocycles. The maximum atomic E-state index is 6.02. The normalized spacial score (nSPS) is 28.3. The highest BCUT2D eigenvalue weighted by Gasteiger charge is 2.24. The molecule has 0 aromatic rings. The van der Waals surface area contributed by atoms with Crippen LogP contribution in [0, 0.1) is 0 Å². The number of hydrogen-bond acceptors (Lipinski definition) is 3. The maximum absolute atomic E-state index is 6.02. The van der Waals surface area contributed by atoms with Gasteiger partial charge in [0.25, 0.3) is 0 Å². The van der Waals surface area contributed by atoms with Crippen LogP contribution in [0.15, 0.2) is 12.7 Å². The molecule has 2 unspecified atom stereocenters. The standard InChI is InChI=1S/C9H18N2S/c1-3-4-8(10)9-7-12-6-5-11(9)2/h3,8-9H,1,4-7,10H2,2H3. The monoisotopic (exact) mass is 186 g/mol. The van der Waals surface area contributed by atoms with Gasteiger partial charge < -0.3 is 10.6 Å². The molecular formula is C9H18N2S. The zero-order valence-corrected chi connectivity index (χ0v) is 8.52. The van der Waals surface area contributed by atoms with Crippen molar-refractivity contribution >= 4 is 11.8 Å². The highest BCUT2D eigenvalue weighted by Crippen LogP contribution is 2.17. The van der Waals surface area contributed by atoms with Gasteiger partial charge in [0.1, 0.15) is 0 Å². The summed E-state index contributed by atoms with van der Waals surface area (Å²) >= 11 is 2.00. The molecule has 2 N–H and O–H groups in total. The van der Waals surface area contributed by atoms with E-state index in [9.17, 15) is 0 Å². The van der Waals surface area contributed by atoms with E-state index < -0.39 is 0 Å². The SMILES string of the molecule is C=CCC(N)C1CSCCN1C. The van der Waals surface area contributed by atoms with Crippen LogP contribution >= 0.6 is 11.8 Å². The van der Waals surface area contributed by atoms with Crippen molar-refractivity contribution < 1.29 is 0 Å². The Kier molecular flexibility index (Phi) is 4.12. The maximum Gasteiger partial charge on any atom is 0.0338 e. The van der Waals surface area contributed by atoms with E-state index in [0.29, 0.717) is 6.04 Å². The number of rotatable bonds is 3. The third-order valence-electron chi connectivity index (χ3n) is 2.38. The molecular weight excluding hydrogens is 168 g/mol. The van der Waals surface area contributed by atoms with E-state index in [0.717, 1.165) is 6.42 Å². The zero-order valence-electron chi connectivity index (χ0n) is 7.70. The fourth-order valence-electron chi connectivity index (χ4n) is 1.51. The van der Waals surface area contributed by atoms with Gasteiger partial charge in [-0.15, -0.1) is 6.58 Å². The van der Waals surface area contributed by atoms with Gasteiger partial charge in [0.05, 0.1) is 0 Å². The average molecular weight is 186 g/mol. The topological polar surface area (TPSA) is 29.3 Å². The Hall–Kier alpha value is 0.01000. The van der Waals surface area contributed by atoms with Gasteiger partial charge >= 0.3 is 0 Å². The lowest BCUT2D eigenvalue weighted by Gasteiger charge is -2.35. The molecule has 2 atom stereocenters. The highest BCUT2D eigenvalue weighted by molar-refractivity contribution is 7.99. The van der Waals surface area contributed by atoms with Crippen molar-refractivity contribution in [1.82, 2.24) is 4.90 Å². The molecule has 0 aromatic heterocycles. The Balaban J connectivity index is 2.41. The summed E-state index contributed by atoms with van der Waals surface area (Å²) in [4.78, 5) is 2.37. The van der Waals surface area contributed by atoms with E-state index in [-0.39, 0.29) is 6.04 Å². The summed E-state index contributed by atoms with van der Waals surface area (Å²) in [5, 5.41) is 0. The Morgan fingerprint density at radius 3 is 3.17 bits per heavy atom. The summed E-state index contributed by atoms with van der Waals surface area (Å²) in [5.41, 5.74) is 6.02. The molecule has 0 spiro atoms. The predicted molar refractivity (Wildman–Crippen MR) is 56.5 cm³/mol. The van der Waals surface area contributed by atoms with E-state index in [2.05, 4.69) is 18.5 Å². The molecule has 0 saturated carbocycles. The van der Waals surface area contributed by atoms with Crippen LogP contribution < -0.4 is 5.73 Å². The van der Waals surface area contributed by atoms with Gasteiger partial charge in [-0.05, 0) is 13.5 Å². The van der Waals surface area contributed by atoms with Gasteiger partial charge in [-0.3, -0.25) is 0 Å². The second kappa shape index (κ2) is 4.90. The Morgan fingerprint density at radius 1 is 1.83 bits per heavy atom. The summed E-state index contributed by atoms with van der Waals surface area (Å²) in [6, 6.07) is 0.807. The van der Waals surface area contributed by atoms with Crippen LogP contribution in [0.2, 0.25) is 0 Å². The van der Waals surface area contributed by atoms with Gasteiger partial charge in [-0.2, -0.15) is 11.8 Å². The van der Waals surface area contributed by atoms with Gasteiger partial charge in [0.15, 0.2) is 0 Å². The Bertz CT molecular complexity index is 149. The Labute approximate surface area is 79.2 Å². The number of hydrogen-bond donors (Lipinski definition) is 1. The summed E-state index contributed by atoms with van der Waals surface area (Å²) < 4.78 is 0. The molecule has 1 rings (SSSR count). The van der Waals surface area contributed by atoms with Crippen LogP contribution in [0.3, 0.4) is 0 Å². The summed E-state index contributed by atoms with van der Waals surface area (Å²) in [6.45, 7) is 4.88. The predicted octanol–water partition coefficient (Wildman–Crippen LogP) is 0.937. The van der Waals surface area contributed by atoms with Gasteiger partial charge in [0.2, 0.25) is 0 Å². The molecule has 12 heavy (non-hydrogen) atoms. The van der Waals surface area contributed by atoms with Crippen LogP contribution in [-0.4, -0.2) is 42.1 Å². The van der Waals surface area contributed by atoms with Crippen LogP contribution in [0.4, 0.5) is 0 Å². The smallest absolute Gasteiger partial charge is 0.0338 e. The molecule has 0 aromatic carbocycles. The first-order chi connectivity index (χ1) is 5.75. The fraction of sp³-hybridized carbons (Fsp3) is 0.778. The van der Waals surface area contributed by atoms with E-state index in [1.165, 1.54) is 18.1 Å². The van der Waals surface area contributed by atoms with Crippen molar-refractivity contribution in [1.29, 1.82) is 0 Å². The van der Waals surface area contributed by atoms with Gasteiger partial charge in [-0.25, -0.2) is 0 Å². The van der Waals surface area contributed by atoms with E-state index >= 15 is 0 Å². The number of thioether (sulfide) groups is 1. The van der Waals surface area contributed by atoms with E-state index in [1.54, 1.807) is 0 Å². The minimum Gasteiger partial charge on any atom is -0.326 e. The van der Waals surface area contributed by atoms with Crippen molar-refractivity contribution in [2.75, 3.05) is 25.1 Å². The van der Waals surface area contributed by atoms with Crippen LogP contribution in [0.1, 0.15) is 6.42 Å². The number of nitrogens with two attached hydrogens (primary N) is 1. The van der Waals surface area contributed by atoms with Crippen molar-refractivity contribution in [2.45, 2.75) is 18.5 Å². The molecule has 0 amide bonds. The molecule has 1 aliphatic heterocycles. The van der Waals surface area contributed by atoms with Crippen molar-refractivity contribution in [3.63, 3.8) is 0 Å². The second-order valence-corrected chi connectivity index (χ2v) is 4.46. The molecule has 1 saturated heterocycles. The second-order valence-electron chi connectivity index (χ2n) is 3.31. The highest BCUT2D eigenvalue weighted by atomic mass is 32.2. The van der Waals surface area contributed by atoms with Crippen LogP contribution in [0.25, 0.3) is 0 Å². The summed E-state index contributed by atoms with van der Waals surface area (Å²) in [7, 11) is 2.16. The van der Waals surface area contributed by atoms with Crippen LogP contribution in [0.5, 0.6) is 0 Å². The lowest BCUT2D eigenvalue weighted by molar-refractivity contribution is 0.236. The molecule has 1 fully saturated rings. The minimum atomic E-state index is 0.264.